The van der Waals surface area contributed by atoms with Crippen molar-refractivity contribution in [3.63, 3.8) is 0 Å². The molecule has 0 spiro atoms. The molecule has 26 heavy (non-hydrogen) atoms. The molecule has 2 aromatic rings. The molecule has 1 aliphatic heterocycles. The number of aliphatic imine (C=N–C) groups is 1. The van der Waals surface area contributed by atoms with Gasteiger partial charge in [0.2, 0.25) is 11.8 Å². The number of para-hydroxylation sites is 1. The summed E-state index contributed by atoms with van der Waals surface area (Å²) in [5.41, 5.74) is 3.08. The predicted molar refractivity (Wildman–Crippen MR) is 101 cm³/mol. The average molecular weight is 353 g/mol. The second-order valence-corrected chi connectivity index (χ2v) is 6.05. The summed E-state index contributed by atoms with van der Waals surface area (Å²) in [7, 11) is 3.32. The number of hydrogen-bond acceptors (Lipinski definition) is 4. The second-order valence-electron chi connectivity index (χ2n) is 6.05. The SMILES string of the molecule is CN=C(NCc1ccnc(OC)c1)NCC1CC(=O)Nc2ccccc21. The van der Waals surface area contributed by atoms with Gasteiger partial charge in [0.15, 0.2) is 5.96 Å². The van der Waals surface area contributed by atoms with E-state index in [1.807, 2.05) is 30.3 Å². The van der Waals surface area contributed by atoms with Gasteiger partial charge in [-0.2, -0.15) is 0 Å². The Morgan fingerprint density at radius 3 is 3.00 bits per heavy atom. The standard InChI is InChI=1S/C19H23N5O2/c1-20-19(22-11-13-7-8-21-18(9-13)26-2)23-12-14-10-17(25)24-16-6-4-3-5-15(14)16/h3-9,14H,10-12H2,1-2H3,(H,24,25)(H2,20,22,23). The number of pyridine rings is 1. The van der Waals surface area contributed by atoms with E-state index in [2.05, 4.69) is 32.0 Å². The summed E-state index contributed by atoms with van der Waals surface area (Å²) >= 11 is 0. The van der Waals surface area contributed by atoms with Crippen LogP contribution in [-0.4, -0.2) is 37.6 Å². The number of fused-ring (bicyclic) bond motifs is 1. The molecule has 1 aliphatic rings. The van der Waals surface area contributed by atoms with Gasteiger partial charge in [0.1, 0.15) is 0 Å². The molecule has 0 saturated carbocycles. The van der Waals surface area contributed by atoms with Crippen LogP contribution in [0, 0.1) is 0 Å². The first-order valence-electron chi connectivity index (χ1n) is 8.52. The highest BCUT2D eigenvalue weighted by Gasteiger charge is 2.24. The van der Waals surface area contributed by atoms with E-state index in [4.69, 9.17) is 4.74 Å². The van der Waals surface area contributed by atoms with E-state index in [1.165, 1.54) is 0 Å². The van der Waals surface area contributed by atoms with Gasteiger partial charge in [0, 0.05) is 50.4 Å². The molecule has 1 aromatic heterocycles. The number of guanidine groups is 1. The molecule has 0 saturated heterocycles. The monoisotopic (exact) mass is 353 g/mol. The van der Waals surface area contributed by atoms with E-state index in [-0.39, 0.29) is 11.8 Å². The van der Waals surface area contributed by atoms with Crippen LogP contribution in [0.15, 0.2) is 47.6 Å². The highest BCUT2D eigenvalue weighted by molar-refractivity contribution is 5.94. The zero-order chi connectivity index (χ0) is 18.4. The van der Waals surface area contributed by atoms with E-state index in [9.17, 15) is 4.79 Å². The van der Waals surface area contributed by atoms with Gasteiger partial charge in [0.05, 0.1) is 7.11 Å². The quantitative estimate of drug-likeness (QED) is 0.564. The van der Waals surface area contributed by atoms with Crippen LogP contribution in [0.1, 0.15) is 23.5 Å². The van der Waals surface area contributed by atoms with Crippen molar-refractivity contribution in [2.45, 2.75) is 18.9 Å². The Bertz CT molecular complexity index is 806. The molecule has 2 heterocycles. The topological polar surface area (TPSA) is 87.6 Å². The minimum Gasteiger partial charge on any atom is -0.481 e. The van der Waals surface area contributed by atoms with E-state index < -0.39 is 0 Å². The second kappa shape index (κ2) is 8.33. The Kier molecular flexibility index (Phi) is 5.68. The molecule has 0 radical (unpaired) electrons. The first kappa shape index (κ1) is 17.7. The van der Waals surface area contributed by atoms with Crippen molar-refractivity contribution in [3.8, 4) is 5.88 Å². The van der Waals surface area contributed by atoms with Gasteiger partial charge < -0.3 is 20.7 Å². The Morgan fingerprint density at radius 2 is 2.19 bits per heavy atom. The molecule has 0 bridgehead atoms. The Labute approximate surface area is 152 Å². The van der Waals surface area contributed by atoms with Crippen LogP contribution in [0.4, 0.5) is 5.69 Å². The molecule has 0 aliphatic carbocycles. The minimum atomic E-state index is 0.0438. The Hall–Kier alpha value is -3.09. The molecule has 0 fully saturated rings. The maximum atomic E-state index is 11.9. The molecule has 1 unspecified atom stereocenters. The third-order valence-electron chi connectivity index (χ3n) is 4.31. The lowest BCUT2D eigenvalue weighted by atomic mass is 9.90. The Morgan fingerprint density at radius 1 is 1.35 bits per heavy atom. The summed E-state index contributed by atoms with van der Waals surface area (Å²) < 4.78 is 5.14. The number of aromatic nitrogens is 1. The van der Waals surface area contributed by atoms with Crippen LogP contribution < -0.4 is 20.7 Å². The fraction of sp³-hybridized carbons (Fsp3) is 0.316. The van der Waals surface area contributed by atoms with Crippen molar-refractivity contribution in [2.24, 2.45) is 4.99 Å². The fourth-order valence-electron chi connectivity index (χ4n) is 2.98. The molecule has 7 nitrogen and oxygen atoms in total. The predicted octanol–water partition coefficient (Wildman–Crippen LogP) is 1.88. The van der Waals surface area contributed by atoms with Gasteiger partial charge in [-0.1, -0.05) is 18.2 Å². The number of methoxy groups -OCH3 is 1. The van der Waals surface area contributed by atoms with Crippen molar-refractivity contribution in [1.82, 2.24) is 15.6 Å². The van der Waals surface area contributed by atoms with Gasteiger partial charge in [-0.05, 0) is 23.3 Å². The summed E-state index contributed by atoms with van der Waals surface area (Å²) in [4.78, 5) is 20.3. The van der Waals surface area contributed by atoms with Crippen LogP contribution in [0.2, 0.25) is 0 Å². The van der Waals surface area contributed by atoms with Crippen molar-refractivity contribution >= 4 is 17.6 Å². The number of anilines is 1. The number of nitrogens with one attached hydrogen (secondary N) is 3. The number of benzene rings is 1. The highest BCUT2D eigenvalue weighted by Crippen LogP contribution is 2.31. The maximum Gasteiger partial charge on any atom is 0.225 e. The van der Waals surface area contributed by atoms with Crippen LogP contribution in [0.3, 0.4) is 0 Å². The number of hydrogen-bond donors (Lipinski definition) is 3. The lowest BCUT2D eigenvalue weighted by Crippen LogP contribution is -2.40. The lowest BCUT2D eigenvalue weighted by molar-refractivity contribution is -0.116. The summed E-state index contributed by atoms with van der Waals surface area (Å²) in [6.07, 6.45) is 2.17. The van der Waals surface area contributed by atoms with Crippen molar-refractivity contribution in [1.29, 1.82) is 0 Å². The summed E-state index contributed by atoms with van der Waals surface area (Å²) in [5, 5.41) is 9.50. The zero-order valence-electron chi connectivity index (χ0n) is 15.0. The fourth-order valence-corrected chi connectivity index (χ4v) is 2.98. The average Bonchev–Trinajstić information content (AvgIpc) is 2.68. The summed E-state index contributed by atoms with van der Waals surface area (Å²) in [6.45, 7) is 1.23. The van der Waals surface area contributed by atoms with Crippen LogP contribution in [0.25, 0.3) is 0 Å². The van der Waals surface area contributed by atoms with Crippen LogP contribution in [-0.2, 0) is 11.3 Å². The van der Waals surface area contributed by atoms with Crippen molar-refractivity contribution < 1.29 is 9.53 Å². The number of rotatable bonds is 5. The van der Waals surface area contributed by atoms with Crippen LogP contribution in [0.5, 0.6) is 5.88 Å². The van der Waals surface area contributed by atoms with Gasteiger partial charge in [-0.15, -0.1) is 0 Å². The van der Waals surface area contributed by atoms with E-state index in [1.54, 1.807) is 20.4 Å². The first-order valence-corrected chi connectivity index (χ1v) is 8.52. The molecule has 136 valence electrons. The number of nitrogens with zero attached hydrogens (tertiary/aromatic N) is 2. The van der Waals surface area contributed by atoms with E-state index >= 15 is 0 Å². The molecule has 3 rings (SSSR count). The summed E-state index contributed by atoms with van der Waals surface area (Å²) in [6, 6.07) is 11.7. The zero-order valence-corrected chi connectivity index (χ0v) is 15.0. The molecule has 1 aromatic carbocycles. The van der Waals surface area contributed by atoms with Gasteiger partial charge in [-0.3, -0.25) is 9.79 Å². The van der Waals surface area contributed by atoms with Crippen LogP contribution >= 0.6 is 0 Å². The normalized spacial score (nSPS) is 16.5. The molecule has 3 N–H and O–H groups in total. The third kappa shape index (κ3) is 4.30. The maximum absolute atomic E-state index is 11.9. The summed E-state index contributed by atoms with van der Waals surface area (Å²) in [5.74, 6) is 1.42. The van der Waals surface area contributed by atoms with Gasteiger partial charge in [-0.25, -0.2) is 4.98 Å². The van der Waals surface area contributed by atoms with Gasteiger partial charge >= 0.3 is 0 Å². The molecule has 1 atom stereocenters. The molecular formula is C19H23N5O2. The minimum absolute atomic E-state index is 0.0438. The van der Waals surface area contributed by atoms with E-state index in [0.717, 1.165) is 16.8 Å². The largest absolute Gasteiger partial charge is 0.481 e. The smallest absolute Gasteiger partial charge is 0.225 e. The highest BCUT2D eigenvalue weighted by atomic mass is 16.5. The molecular weight excluding hydrogens is 330 g/mol. The molecule has 7 heteroatoms. The van der Waals surface area contributed by atoms with Crippen molar-refractivity contribution in [3.05, 3.63) is 53.7 Å². The Balaban J connectivity index is 1.58. The number of amides is 1. The number of carbonyl (C=O) groups excluding carboxylic acids is 1. The molecule has 1 amide bonds. The lowest BCUT2D eigenvalue weighted by Gasteiger charge is -2.26. The van der Waals surface area contributed by atoms with E-state index in [0.29, 0.717) is 31.3 Å². The van der Waals surface area contributed by atoms with Gasteiger partial charge in [0.25, 0.3) is 0 Å². The first-order chi connectivity index (χ1) is 12.7. The number of ether oxygens (including phenoxy) is 1. The van der Waals surface area contributed by atoms with Crippen molar-refractivity contribution in [2.75, 3.05) is 26.0 Å². The third-order valence-corrected chi connectivity index (χ3v) is 4.31. The number of carbonyl (C=O) groups is 1.